The Kier molecular flexibility index (Phi) is 6.36. The lowest BCUT2D eigenvalue weighted by Gasteiger charge is -2.35. The molecule has 0 aromatic heterocycles. The SMILES string of the molecule is COc1cc(OC)c2c(c1Cl)OC1(C(=O)C=C(NCCOCCO)CC1C)C2=O. The fourth-order valence-electron chi connectivity index (χ4n) is 3.70. The summed E-state index contributed by atoms with van der Waals surface area (Å²) in [5.41, 5.74) is -0.825. The van der Waals surface area contributed by atoms with Crippen molar-refractivity contribution in [3.63, 3.8) is 0 Å². The van der Waals surface area contributed by atoms with Gasteiger partial charge >= 0.3 is 0 Å². The highest BCUT2D eigenvalue weighted by atomic mass is 35.5. The molecular weight excluding hydrogens is 402 g/mol. The van der Waals surface area contributed by atoms with Crippen LogP contribution in [0.25, 0.3) is 0 Å². The Morgan fingerprint density at radius 2 is 2.00 bits per heavy atom. The van der Waals surface area contributed by atoms with Gasteiger partial charge in [-0.1, -0.05) is 18.5 Å². The molecule has 29 heavy (non-hydrogen) atoms. The van der Waals surface area contributed by atoms with E-state index in [0.717, 1.165) is 0 Å². The van der Waals surface area contributed by atoms with Gasteiger partial charge in [-0.15, -0.1) is 0 Å². The van der Waals surface area contributed by atoms with Crippen LogP contribution in [0.3, 0.4) is 0 Å². The van der Waals surface area contributed by atoms with Crippen molar-refractivity contribution in [3.8, 4) is 17.2 Å². The number of aliphatic hydroxyl groups is 1. The largest absolute Gasteiger partial charge is 0.496 e. The Morgan fingerprint density at radius 1 is 1.28 bits per heavy atom. The van der Waals surface area contributed by atoms with Gasteiger partial charge in [0.2, 0.25) is 17.2 Å². The van der Waals surface area contributed by atoms with Gasteiger partial charge in [-0.05, 0) is 6.42 Å². The minimum atomic E-state index is -1.68. The fraction of sp³-hybridized carbons (Fsp3) is 0.500. The average Bonchev–Trinajstić information content (AvgIpc) is 3.02. The maximum absolute atomic E-state index is 13.3. The van der Waals surface area contributed by atoms with Crippen molar-refractivity contribution in [1.82, 2.24) is 5.32 Å². The van der Waals surface area contributed by atoms with Crippen molar-refractivity contribution in [2.24, 2.45) is 5.92 Å². The molecule has 3 rings (SSSR count). The number of hydrogen-bond acceptors (Lipinski definition) is 8. The molecule has 1 aromatic carbocycles. The Morgan fingerprint density at radius 3 is 2.62 bits per heavy atom. The van der Waals surface area contributed by atoms with Gasteiger partial charge in [0.15, 0.2) is 5.75 Å². The first kappa shape index (κ1) is 21.4. The van der Waals surface area contributed by atoms with Gasteiger partial charge in [0.1, 0.15) is 22.1 Å². The van der Waals surface area contributed by atoms with E-state index in [0.29, 0.717) is 31.0 Å². The minimum absolute atomic E-state index is 0.0441. The van der Waals surface area contributed by atoms with Crippen LogP contribution in [0, 0.1) is 5.92 Å². The highest BCUT2D eigenvalue weighted by molar-refractivity contribution is 6.36. The van der Waals surface area contributed by atoms with Crippen LogP contribution in [0.2, 0.25) is 5.02 Å². The van der Waals surface area contributed by atoms with Crippen molar-refractivity contribution in [1.29, 1.82) is 0 Å². The lowest BCUT2D eigenvalue weighted by molar-refractivity contribution is -0.129. The molecular formula is C20H24ClNO7. The summed E-state index contributed by atoms with van der Waals surface area (Å²) in [5, 5.41) is 12.0. The minimum Gasteiger partial charge on any atom is -0.496 e. The molecule has 2 unspecified atom stereocenters. The Bertz CT molecular complexity index is 854. The van der Waals surface area contributed by atoms with Crippen molar-refractivity contribution < 1.29 is 33.6 Å². The second-order valence-electron chi connectivity index (χ2n) is 6.87. The third kappa shape index (κ3) is 3.56. The number of carbonyl (C=O) groups excluding carboxylic acids is 2. The van der Waals surface area contributed by atoms with Crippen LogP contribution >= 0.6 is 11.6 Å². The molecule has 1 heterocycles. The van der Waals surface area contributed by atoms with E-state index in [1.807, 2.05) is 0 Å². The number of nitrogens with one attached hydrogen (secondary N) is 1. The third-order valence-corrected chi connectivity index (χ3v) is 5.50. The predicted octanol–water partition coefficient (Wildman–Crippen LogP) is 1.76. The molecule has 0 bridgehead atoms. The zero-order valence-corrected chi connectivity index (χ0v) is 17.3. The Hall–Kier alpha value is -2.29. The number of ether oxygens (including phenoxy) is 4. The molecule has 2 N–H and O–H groups in total. The van der Waals surface area contributed by atoms with Crippen LogP contribution < -0.4 is 19.5 Å². The fourth-order valence-corrected chi connectivity index (χ4v) is 3.97. The highest BCUT2D eigenvalue weighted by Gasteiger charge is 2.60. The molecule has 0 radical (unpaired) electrons. The maximum atomic E-state index is 13.3. The molecule has 0 saturated heterocycles. The first-order valence-electron chi connectivity index (χ1n) is 9.26. The molecule has 9 heteroatoms. The molecule has 158 valence electrons. The van der Waals surface area contributed by atoms with Gasteiger partial charge in [0, 0.05) is 30.3 Å². The second kappa shape index (κ2) is 8.61. The van der Waals surface area contributed by atoms with Crippen LogP contribution in [0.4, 0.5) is 0 Å². The summed E-state index contributed by atoms with van der Waals surface area (Å²) < 4.78 is 21.7. The van der Waals surface area contributed by atoms with Crippen LogP contribution in [0.1, 0.15) is 23.7 Å². The zero-order valence-electron chi connectivity index (χ0n) is 16.5. The van der Waals surface area contributed by atoms with Gasteiger partial charge in [-0.25, -0.2) is 0 Å². The number of carbonyl (C=O) groups is 2. The molecule has 2 atom stereocenters. The van der Waals surface area contributed by atoms with Crippen molar-refractivity contribution in [2.45, 2.75) is 18.9 Å². The number of Topliss-reactive ketones (excluding diaryl/α,β-unsaturated/α-hetero) is 1. The van der Waals surface area contributed by atoms with Gasteiger partial charge in [-0.2, -0.15) is 0 Å². The third-order valence-electron chi connectivity index (χ3n) is 5.14. The number of rotatable bonds is 8. The van der Waals surface area contributed by atoms with E-state index in [2.05, 4.69) is 5.32 Å². The topological polar surface area (TPSA) is 103 Å². The Labute approximate surface area is 173 Å². The number of benzene rings is 1. The number of methoxy groups -OCH3 is 2. The summed E-state index contributed by atoms with van der Waals surface area (Å²) >= 11 is 6.36. The maximum Gasteiger partial charge on any atom is 0.236 e. The van der Waals surface area contributed by atoms with E-state index in [1.165, 1.54) is 26.4 Å². The van der Waals surface area contributed by atoms with Gasteiger partial charge in [0.25, 0.3) is 0 Å². The quantitative estimate of drug-likeness (QED) is 0.479. The van der Waals surface area contributed by atoms with Crippen LogP contribution in [-0.2, 0) is 9.53 Å². The van der Waals surface area contributed by atoms with E-state index in [-0.39, 0.29) is 35.3 Å². The number of ketones is 2. The van der Waals surface area contributed by atoms with Crippen LogP contribution in [0.15, 0.2) is 17.8 Å². The first-order valence-corrected chi connectivity index (χ1v) is 9.64. The van der Waals surface area contributed by atoms with Crippen molar-refractivity contribution in [3.05, 3.63) is 28.4 Å². The van der Waals surface area contributed by atoms with Crippen molar-refractivity contribution >= 4 is 23.2 Å². The Balaban J connectivity index is 1.88. The van der Waals surface area contributed by atoms with Crippen LogP contribution in [-0.4, -0.2) is 62.9 Å². The smallest absolute Gasteiger partial charge is 0.236 e. The lowest BCUT2D eigenvalue weighted by atomic mass is 9.74. The first-order chi connectivity index (χ1) is 13.9. The molecule has 1 spiro atoms. The second-order valence-corrected chi connectivity index (χ2v) is 7.25. The summed E-state index contributed by atoms with van der Waals surface area (Å²) in [6.07, 6.45) is 1.83. The summed E-state index contributed by atoms with van der Waals surface area (Å²) in [4.78, 5) is 26.4. The van der Waals surface area contributed by atoms with E-state index in [1.54, 1.807) is 6.92 Å². The standard InChI is InChI=1S/C20H24ClNO7/c1-11-8-12(22-4-6-28-7-5-23)9-15(24)20(11)19(25)16-13(26-2)10-14(27-3)17(21)18(16)29-20/h9-11,22-23H,4-8H2,1-3H3. The van der Waals surface area contributed by atoms with E-state index < -0.39 is 23.1 Å². The normalized spacial score (nSPS) is 22.9. The molecule has 0 fully saturated rings. The van der Waals surface area contributed by atoms with E-state index >= 15 is 0 Å². The number of allylic oxidation sites excluding steroid dienone is 1. The molecule has 2 aliphatic rings. The zero-order chi connectivity index (χ0) is 21.2. The number of fused-ring (bicyclic) bond motifs is 1. The molecule has 0 saturated carbocycles. The molecule has 1 aromatic rings. The highest BCUT2D eigenvalue weighted by Crippen LogP contribution is 2.52. The number of hydrogen-bond donors (Lipinski definition) is 2. The lowest BCUT2D eigenvalue weighted by Crippen LogP contribution is -2.55. The van der Waals surface area contributed by atoms with Gasteiger partial charge in [0.05, 0.1) is 34.0 Å². The molecule has 1 aliphatic heterocycles. The predicted molar refractivity (Wildman–Crippen MR) is 105 cm³/mol. The number of halogens is 1. The monoisotopic (exact) mass is 425 g/mol. The molecule has 8 nitrogen and oxygen atoms in total. The van der Waals surface area contributed by atoms with E-state index in [9.17, 15) is 9.59 Å². The molecule has 1 aliphatic carbocycles. The van der Waals surface area contributed by atoms with E-state index in [4.69, 9.17) is 35.7 Å². The van der Waals surface area contributed by atoms with Gasteiger partial charge < -0.3 is 29.4 Å². The summed E-state index contributed by atoms with van der Waals surface area (Å²) in [6.45, 7) is 2.86. The molecule has 0 amide bonds. The number of aliphatic hydroxyl groups excluding tert-OH is 1. The average molecular weight is 426 g/mol. The van der Waals surface area contributed by atoms with Crippen molar-refractivity contribution in [2.75, 3.05) is 40.6 Å². The summed E-state index contributed by atoms with van der Waals surface area (Å²) in [6, 6.07) is 1.51. The van der Waals surface area contributed by atoms with Gasteiger partial charge in [-0.3, -0.25) is 9.59 Å². The summed E-state index contributed by atoms with van der Waals surface area (Å²) in [5.74, 6) is -0.704. The van der Waals surface area contributed by atoms with Crippen LogP contribution in [0.5, 0.6) is 17.2 Å². The summed E-state index contributed by atoms with van der Waals surface area (Å²) in [7, 11) is 2.87.